The van der Waals surface area contributed by atoms with Crippen LogP contribution >= 0.6 is 0 Å². The molecule has 1 amide bonds. The van der Waals surface area contributed by atoms with E-state index in [4.69, 9.17) is 5.10 Å². The van der Waals surface area contributed by atoms with Crippen LogP contribution in [-0.2, 0) is 4.79 Å². The SMILES string of the molecule is CN1CCN(C(=O)/C=C/c2cn(-c3ccccc3)nc2-c2cccnc2)CC1. The van der Waals surface area contributed by atoms with E-state index in [2.05, 4.69) is 16.9 Å². The van der Waals surface area contributed by atoms with Gasteiger partial charge in [-0.2, -0.15) is 5.10 Å². The van der Waals surface area contributed by atoms with E-state index >= 15 is 0 Å². The molecule has 1 fully saturated rings. The number of rotatable bonds is 4. The molecule has 142 valence electrons. The number of carbonyl (C=O) groups is 1. The Bertz CT molecular complexity index is 957. The van der Waals surface area contributed by atoms with Crippen LogP contribution in [0, 0.1) is 0 Å². The Labute approximate surface area is 164 Å². The zero-order chi connectivity index (χ0) is 19.3. The van der Waals surface area contributed by atoms with Crippen LogP contribution in [0.4, 0.5) is 0 Å². The van der Waals surface area contributed by atoms with E-state index < -0.39 is 0 Å². The molecule has 1 aliphatic rings. The highest BCUT2D eigenvalue weighted by atomic mass is 16.2. The average molecular weight is 373 g/mol. The molecular formula is C22H23N5O. The van der Waals surface area contributed by atoms with Gasteiger partial charge in [-0.1, -0.05) is 18.2 Å². The highest BCUT2D eigenvalue weighted by Gasteiger charge is 2.17. The number of amides is 1. The second kappa shape index (κ2) is 8.19. The lowest BCUT2D eigenvalue weighted by Crippen LogP contribution is -2.46. The lowest BCUT2D eigenvalue weighted by Gasteiger charge is -2.31. The first kappa shape index (κ1) is 18.1. The second-order valence-electron chi connectivity index (χ2n) is 6.92. The van der Waals surface area contributed by atoms with Gasteiger partial charge in [0.25, 0.3) is 0 Å². The summed E-state index contributed by atoms with van der Waals surface area (Å²) >= 11 is 0. The van der Waals surface area contributed by atoms with Crippen LogP contribution in [0.15, 0.2) is 67.1 Å². The van der Waals surface area contributed by atoms with Gasteiger partial charge in [-0.15, -0.1) is 0 Å². The first-order valence-corrected chi connectivity index (χ1v) is 9.42. The Morgan fingerprint density at radius 2 is 1.82 bits per heavy atom. The molecule has 2 aromatic heterocycles. The molecule has 0 aliphatic carbocycles. The molecule has 0 unspecified atom stereocenters. The van der Waals surface area contributed by atoms with Crippen LogP contribution in [0.3, 0.4) is 0 Å². The van der Waals surface area contributed by atoms with Gasteiger partial charge in [0.05, 0.1) is 5.69 Å². The molecule has 1 saturated heterocycles. The van der Waals surface area contributed by atoms with E-state index in [0.717, 1.165) is 48.7 Å². The topological polar surface area (TPSA) is 54.3 Å². The minimum atomic E-state index is 0.0395. The Hall–Kier alpha value is -3.25. The Kier molecular flexibility index (Phi) is 5.30. The highest BCUT2D eigenvalue weighted by molar-refractivity contribution is 5.93. The summed E-state index contributed by atoms with van der Waals surface area (Å²) in [6.45, 7) is 3.34. The van der Waals surface area contributed by atoms with Crippen LogP contribution < -0.4 is 0 Å². The third-order valence-corrected chi connectivity index (χ3v) is 4.92. The van der Waals surface area contributed by atoms with Gasteiger partial charge in [-0.3, -0.25) is 9.78 Å². The molecule has 1 aromatic carbocycles. The van der Waals surface area contributed by atoms with Gasteiger partial charge < -0.3 is 9.80 Å². The molecule has 0 radical (unpaired) electrons. The van der Waals surface area contributed by atoms with Crippen LogP contribution in [0.2, 0.25) is 0 Å². The van der Waals surface area contributed by atoms with Crippen LogP contribution in [0.1, 0.15) is 5.56 Å². The lowest BCUT2D eigenvalue weighted by molar-refractivity contribution is -0.127. The average Bonchev–Trinajstić information content (AvgIpc) is 3.18. The molecule has 0 spiro atoms. The quantitative estimate of drug-likeness (QED) is 0.660. The van der Waals surface area contributed by atoms with Gasteiger partial charge in [0, 0.05) is 62.0 Å². The third kappa shape index (κ3) is 4.02. The summed E-state index contributed by atoms with van der Waals surface area (Å²) in [4.78, 5) is 20.9. The minimum Gasteiger partial charge on any atom is -0.337 e. The number of aromatic nitrogens is 3. The Balaban J connectivity index is 1.63. The van der Waals surface area contributed by atoms with E-state index in [1.807, 2.05) is 64.3 Å². The number of hydrogen-bond acceptors (Lipinski definition) is 4. The molecule has 3 aromatic rings. The minimum absolute atomic E-state index is 0.0395. The molecule has 0 atom stereocenters. The van der Waals surface area contributed by atoms with Crippen molar-refractivity contribution in [2.75, 3.05) is 33.2 Å². The van der Waals surface area contributed by atoms with Gasteiger partial charge in [-0.05, 0) is 37.4 Å². The second-order valence-corrected chi connectivity index (χ2v) is 6.92. The standard InChI is InChI=1S/C22H23N5O/c1-25-12-14-26(15-13-25)21(28)10-9-19-17-27(20-7-3-2-4-8-20)24-22(19)18-6-5-11-23-16-18/h2-11,16-17H,12-15H2,1H3/b10-9+. The number of pyridine rings is 1. The largest absolute Gasteiger partial charge is 0.337 e. The lowest BCUT2D eigenvalue weighted by atomic mass is 10.1. The van der Waals surface area contributed by atoms with Crippen molar-refractivity contribution in [3.8, 4) is 16.9 Å². The van der Waals surface area contributed by atoms with Crippen molar-refractivity contribution in [3.63, 3.8) is 0 Å². The summed E-state index contributed by atoms with van der Waals surface area (Å²) in [6.07, 6.45) is 8.99. The van der Waals surface area contributed by atoms with E-state index in [1.165, 1.54) is 0 Å². The molecule has 6 nitrogen and oxygen atoms in total. The van der Waals surface area contributed by atoms with E-state index in [9.17, 15) is 4.79 Å². The van der Waals surface area contributed by atoms with Gasteiger partial charge in [0.2, 0.25) is 5.91 Å². The molecule has 4 rings (SSSR count). The summed E-state index contributed by atoms with van der Waals surface area (Å²) in [5, 5.41) is 4.74. The fourth-order valence-electron chi connectivity index (χ4n) is 3.24. The summed E-state index contributed by atoms with van der Waals surface area (Å²) in [7, 11) is 2.08. The maximum atomic E-state index is 12.6. The maximum absolute atomic E-state index is 12.6. The smallest absolute Gasteiger partial charge is 0.246 e. The van der Waals surface area contributed by atoms with Crippen molar-refractivity contribution in [2.45, 2.75) is 0 Å². The Morgan fingerprint density at radius 1 is 1.04 bits per heavy atom. The van der Waals surface area contributed by atoms with Gasteiger partial charge in [0.1, 0.15) is 5.69 Å². The zero-order valence-electron chi connectivity index (χ0n) is 15.9. The van der Waals surface area contributed by atoms with Gasteiger partial charge >= 0.3 is 0 Å². The van der Waals surface area contributed by atoms with Crippen LogP contribution in [0.5, 0.6) is 0 Å². The number of benzene rings is 1. The van der Waals surface area contributed by atoms with Crippen LogP contribution in [0.25, 0.3) is 23.0 Å². The number of nitrogens with zero attached hydrogens (tertiary/aromatic N) is 5. The first-order valence-electron chi connectivity index (χ1n) is 9.42. The molecule has 0 N–H and O–H groups in total. The first-order chi connectivity index (χ1) is 13.7. The van der Waals surface area contributed by atoms with Crippen molar-refractivity contribution >= 4 is 12.0 Å². The van der Waals surface area contributed by atoms with Gasteiger partial charge in [0.15, 0.2) is 0 Å². The van der Waals surface area contributed by atoms with E-state index in [1.54, 1.807) is 18.5 Å². The number of likely N-dealkylation sites (N-methyl/N-ethyl adjacent to an activating group) is 1. The molecular weight excluding hydrogens is 350 g/mol. The number of carbonyl (C=O) groups excluding carboxylic acids is 1. The summed E-state index contributed by atoms with van der Waals surface area (Å²) < 4.78 is 1.84. The number of para-hydroxylation sites is 1. The van der Waals surface area contributed by atoms with Crippen molar-refractivity contribution in [1.82, 2.24) is 24.6 Å². The van der Waals surface area contributed by atoms with E-state index in [0.29, 0.717) is 0 Å². The summed E-state index contributed by atoms with van der Waals surface area (Å²) in [6, 6.07) is 13.8. The fraction of sp³-hybridized carbons (Fsp3) is 0.227. The van der Waals surface area contributed by atoms with Crippen molar-refractivity contribution in [1.29, 1.82) is 0 Å². The Morgan fingerprint density at radius 3 is 2.54 bits per heavy atom. The van der Waals surface area contributed by atoms with Gasteiger partial charge in [-0.25, -0.2) is 4.68 Å². The molecule has 0 bridgehead atoms. The third-order valence-electron chi connectivity index (χ3n) is 4.92. The molecule has 0 saturated carbocycles. The van der Waals surface area contributed by atoms with Crippen molar-refractivity contribution < 1.29 is 4.79 Å². The normalized spacial score (nSPS) is 15.2. The maximum Gasteiger partial charge on any atom is 0.246 e. The number of hydrogen-bond donors (Lipinski definition) is 0. The van der Waals surface area contributed by atoms with Crippen molar-refractivity contribution in [3.05, 3.63) is 72.7 Å². The highest BCUT2D eigenvalue weighted by Crippen LogP contribution is 2.24. The van der Waals surface area contributed by atoms with Crippen molar-refractivity contribution in [2.24, 2.45) is 0 Å². The van der Waals surface area contributed by atoms with E-state index in [-0.39, 0.29) is 5.91 Å². The molecule has 28 heavy (non-hydrogen) atoms. The fourth-order valence-corrected chi connectivity index (χ4v) is 3.24. The zero-order valence-corrected chi connectivity index (χ0v) is 15.9. The molecule has 6 heteroatoms. The molecule has 3 heterocycles. The molecule has 1 aliphatic heterocycles. The monoisotopic (exact) mass is 373 g/mol. The van der Waals surface area contributed by atoms with Crippen LogP contribution in [-0.4, -0.2) is 63.7 Å². The predicted octanol–water partition coefficient (Wildman–Crippen LogP) is 2.72. The number of piperazine rings is 1. The summed E-state index contributed by atoms with van der Waals surface area (Å²) in [5.41, 5.74) is 3.58. The predicted molar refractivity (Wildman–Crippen MR) is 110 cm³/mol. The summed E-state index contributed by atoms with van der Waals surface area (Å²) in [5.74, 6) is 0.0395.